The summed E-state index contributed by atoms with van der Waals surface area (Å²) in [6, 6.07) is 36.7. The molecule has 434 valence electrons. The lowest BCUT2D eigenvalue weighted by Crippen LogP contribution is -3.00. The van der Waals surface area contributed by atoms with Crippen molar-refractivity contribution in [1.82, 2.24) is 0 Å². The number of carbonyl (C=O) groups excluding carboxylic acids is 2. The van der Waals surface area contributed by atoms with E-state index in [-0.39, 0.29) is 86.4 Å². The number of nitro benzene ring substituents is 2. The molecule has 0 spiro atoms. The molecular weight excluding hydrogens is 1180 g/mol. The van der Waals surface area contributed by atoms with Gasteiger partial charge in [0.1, 0.15) is 11.3 Å². The predicted molar refractivity (Wildman–Crippen MR) is 281 cm³/mol. The maximum atomic E-state index is 12.3. The van der Waals surface area contributed by atoms with Crippen molar-refractivity contribution in [2.45, 2.75) is 13.8 Å². The molecule has 0 heterocycles. The van der Waals surface area contributed by atoms with Crippen LogP contribution in [0.15, 0.2) is 160 Å². The van der Waals surface area contributed by atoms with Crippen molar-refractivity contribution in [3.8, 4) is 17.2 Å². The Morgan fingerprint density at radius 3 is 1.48 bits per heavy atom. The van der Waals surface area contributed by atoms with Crippen LogP contribution < -0.4 is 49.0 Å². The van der Waals surface area contributed by atoms with Crippen molar-refractivity contribution in [2.75, 3.05) is 21.3 Å². The van der Waals surface area contributed by atoms with Gasteiger partial charge < -0.3 is 57.9 Å². The van der Waals surface area contributed by atoms with Crippen LogP contribution in [0, 0.1) is 55.6 Å². The first-order chi connectivity index (χ1) is 38.7. The summed E-state index contributed by atoms with van der Waals surface area (Å²) in [6.45, 7) is 3.86. The van der Waals surface area contributed by atoms with E-state index in [4.69, 9.17) is 49.8 Å². The largest absolute Gasteiger partial charge is 1.00 e. The molecule has 0 radical (unpaired) electrons. The Labute approximate surface area is 487 Å². The van der Waals surface area contributed by atoms with Crippen molar-refractivity contribution in [2.24, 2.45) is 20.5 Å². The zero-order valence-electron chi connectivity index (χ0n) is 43.6. The van der Waals surface area contributed by atoms with E-state index in [0.717, 1.165) is 22.5 Å². The van der Waals surface area contributed by atoms with Gasteiger partial charge in [-0.3, -0.25) is 42.8 Å². The number of benzene rings is 7. The first-order valence-electron chi connectivity index (χ1n) is 22.1. The van der Waals surface area contributed by atoms with E-state index in [2.05, 4.69) is 44.7 Å². The summed E-state index contributed by atoms with van der Waals surface area (Å²) in [5.74, 6) is 0.297. The summed E-state index contributed by atoms with van der Waals surface area (Å²) in [6.07, 6.45) is 0. The highest BCUT2D eigenvalue weighted by molar-refractivity contribution is 7.73. The summed E-state index contributed by atoms with van der Waals surface area (Å²) >= 11 is -2.88. The number of non-ortho nitro benzene ring substituents is 2. The molecule has 0 N–H and O–H groups in total. The minimum absolute atomic E-state index is 0. The maximum absolute atomic E-state index is 12.3. The standard InChI is InChI=1S/C14H12N5O4.C14H13N4.C14H7N2O2.C7H6N3O3.BF3.2ClH.FH.H2O4S/c1-22-13-8-12(14(23-2)7-11(13)16-15)18-17-9-3-5-10(6-4-9)19(20)21;1-10-5-3-4-6-14(10)18-17-12-7-8-13(16-15)11(2)9-12;15-16-11-7-3-6-10-12(11)14(18)9-5-2-1-4-8(9)13(10)17;1-13-7-4-5(10(11)12)2-3-6(7)9-8;2-1(3)4;;;;1-4-5(2)3/h3-8H,1-2H3;3-9H,1-2H3;1-7H;2-4H,1H3;;3*1H;1H,(H,2,3)/q4*+1;;;;;/p-5. The summed E-state index contributed by atoms with van der Waals surface area (Å²) in [5.41, 5.74) is 6.42. The number of hydrogen-bond acceptors (Lipinski definition) is 21. The van der Waals surface area contributed by atoms with Gasteiger partial charge in [-0.1, -0.05) is 48.5 Å². The fourth-order valence-electron chi connectivity index (χ4n) is 6.45. The summed E-state index contributed by atoms with van der Waals surface area (Å²) in [5, 5.41) is 80.8. The number of ketones is 2. The number of hydrogen-bond donors (Lipinski definition) is 0. The van der Waals surface area contributed by atoms with E-state index >= 15 is 0 Å². The van der Waals surface area contributed by atoms with Crippen molar-refractivity contribution in [1.29, 1.82) is 21.6 Å². The average molecular weight is 1220 g/mol. The van der Waals surface area contributed by atoms with Gasteiger partial charge in [-0.2, -0.15) is 15.3 Å². The van der Waals surface area contributed by atoms with Crippen LogP contribution in [-0.4, -0.2) is 59.0 Å². The zero-order chi connectivity index (χ0) is 60.2. The molecule has 1 aliphatic carbocycles. The molecule has 7 aromatic carbocycles. The molecule has 0 saturated carbocycles. The van der Waals surface area contributed by atoms with Crippen molar-refractivity contribution < 1.29 is 94.5 Å². The molecule has 27 nitrogen and oxygen atoms in total. The van der Waals surface area contributed by atoms with Crippen molar-refractivity contribution in [3.05, 3.63) is 213 Å². The van der Waals surface area contributed by atoms with Crippen LogP contribution >= 0.6 is 0 Å². The van der Waals surface area contributed by atoms with Crippen LogP contribution in [0.25, 0.3) is 19.9 Å². The number of halogens is 6. The Morgan fingerprint density at radius 2 is 0.976 bits per heavy atom. The van der Waals surface area contributed by atoms with Gasteiger partial charge >= 0.3 is 30.3 Å². The molecule has 0 fully saturated rings. The van der Waals surface area contributed by atoms with Gasteiger partial charge in [-0.05, 0) is 55.8 Å². The Morgan fingerprint density at radius 1 is 0.524 bits per heavy atom. The number of methoxy groups -OCH3 is 3. The number of aryl methyl sites for hydroxylation is 2. The van der Waals surface area contributed by atoms with Crippen molar-refractivity contribution >= 4 is 87.3 Å². The van der Waals surface area contributed by atoms with Crippen LogP contribution in [0.3, 0.4) is 0 Å². The normalized spacial score (nSPS) is 10.4. The SMILES string of the molecule is COc1cc([N+]#N)c(OC)cc1N=Nc1ccc([N+](=O)[O-])cc1.COc1cc([N+](=O)[O-])ccc1[N+]#N.Cc1ccccc1N=Nc1ccc([N+]#N)c(C)c1.FB(F)F.N#[N+]c1cccc2c1C(=O)c1ccccc1C2=O.O=S([O-])O[O-].[Cl-].[Cl-].[F-]. The summed E-state index contributed by atoms with van der Waals surface area (Å²) in [4.78, 5) is 56.7. The van der Waals surface area contributed by atoms with E-state index in [9.17, 15) is 42.8 Å². The Hall–Kier alpha value is -10.6. The van der Waals surface area contributed by atoms with Gasteiger partial charge in [0.05, 0.1) is 71.7 Å². The molecule has 0 aromatic heterocycles. The third-order valence-electron chi connectivity index (χ3n) is 10.2. The number of nitro groups is 2. The predicted octanol–water partition coefficient (Wildman–Crippen LogP) is 4.71. The number of carbonyl (C=O) groups is 2. The topological polar surface area (TPSA) is 383 Å². The second kappa shape index (κ2) is 37.3. The summed E-state index contributed by atoms with van der Waals surface area (Å²) < 4.78 is 64.1. The quantitative estimate of drug-likeness (QED) is 0.0261. The Balaban J connectivity index is 0.00000104. The number of azo groups is 2. The maximum Gasteiger partial charge on any atom is 0.762 e. The van der Waals surface area contributed by atoms with E-state index in [1.165, 1.54) is 82.0 Å². The number of fused-ring (bicyclic) bond motifs is 2. The molecule has 1 aliphatic rings. The van der Waals surface area contributed by atoms with Crippen LogP contribution in [0.1, 0.15) is 43.0 Å². The van der Waals surface area contributed by atoms with Crippen LogP contribution in [0.2, 0.25) is 0 Å². The van der Waals surface area contributed by atoms with E-state index in [0.29, 0.717) is 39.7 Å². The van der Waals surface area contributed by atoms with Crippen LogP contribution in [-0.2, 0) is 15.7 Å². The molecule has 0 aliphatic heterocycles. The van der Waals surface area contributed by atoms with Gasteiger partial charge in [0.2, 0.25) is 38.9 Å². The second-order valence-corrected chi connectivity index (χ2v) is 15.6. The molecule has 0 amide bonds. The monoisotopic (exact) mass is 1220 g/mol. The lowest BCUT2D eigenvalue weighted by molar-refractivity contribution is -0.635. The lowest BCUT2D eigenvalue weighted by atomic mass is 9.83. The van der Waals surface area contributed by atoms with E-state index in [1.54, 1.807) is 48.5 Å². The molecule has 1 unspecified atom stereocenters. The highest BCUT2D eigenvalue weighted by atomic mass is 35.5. The number of rotatable bonds is 10. The molecule has 84 heavy (non-hydrogen) atoms. The molecule has 35 heteroatoms. The molecule has 7 aromatic rings. The molecule has 1 atom stereocenters. The molecular formula is C49H38BCl2F4N14O13S-. The fraction of sp³-hybridized carbons (Fsp3) is 0.102. The summed E-state index contributed by atoms with van der Waals surface area (Å²) in [7, 11) is 0.537. The minimum Gasteiger partial charge on any atom is -1.00 e. The number of diazo groups is 4. The second-order valence-electron chi connectivity index (χ2n) is 15.1. The highest BCUT2D eigenvalue weighted by Crippen LogP contribution is 2.41. The van der Waals surface area contributed by atoms with E-state index in [1.807, 2.05) is 44.2 Å². The minimum atomic E-state index is -3.67. The molecule has 0 saturated heterocycles. The van der Waals surface area contributed by atoms with E-state index < -0.39 is 28.8 Å². The van der Waals surface area contributed by atoms with Gasteiger partial charge in [0.15, 0.2) is 31.4 Å². The molecule has 8 rings (SSSR count). The third-order valence-corrected chi connectivity index (χ3v) is 10.3. The fourth-order valence-corrected chi connectivity index (χ4v) is 6.45. The van der Waals surface area contributed by atoms with Crippen LogP contribution in [0.4, 0.5) is 69.8 Å². The Bertz CT molecular complexity index is 3700. The smallest absolute Gasteiger partial charge is 0.762 e. The van der Waals surface area contributed by atoms with Gasteiger partial charge in [0, 0.05) is 64.7 Å². The first kappa shape index (κ1) is 73.4. The third kappa shape index (κ3) is 21.8. The Kier molecular flexibility index (Phi) is 32.6. The number of ether oxygens (including phenoxy) is 3. The first-order valence-corrected chi connectivity index (χ1v) is 23.1. The highest BCUT2D eigenvalue weighted by Gasteiger charge is 2.35. The van der Waals surface area contributed by atoms with Crippen molar-refractivity contribution in [3.63, 3.8) is 0 Å². The van der Waals surface area contributed by atoms with Gasteiger partial charge in [0.25, 0.3) is 11.4 Å². The lowest BCUT2D eigenvalue weighted by Gasteiger charge is -2.14. The zero-order valence-corrected chi connectivity index (χ0v) is 45.9. The van der Waals surface area contributed by atoms with Gasteiger partial charge in [-0.15, -0.1) is 5.11 Å². The number of nitrogens with zero attached hydrogens (tertiary/aromatic N) is 14. The molecule has 0 bridgehead atoms. The van der Waals surface area contributed by atoms with Gasteiger partial charge in [-0.25, -0.2) is 4.21 Å². The van der Waals surface area contributed by atoms with Crippen LogP contribution in [0.5, 0.6) is 17.2 Å². The average Bonchev–Trinajstić information content (AvgIpc) is 2.48.